The summed E-state index contributed by atoms with van der Waals surface area (Å²) in [5, 5.41) is 0.000225. The molecule has 164 valence electrons. The monoisotopic (exact) mass is 494 g/mol. The zero-order valence-corrected chi connectivity index (χ0v) is 19.4. The molecule has 0 bridgehead atoms. The van der Waals surface area contributed by atoms with E-state index in [0.29, 0.717) is 12.4 Å². The zero-order valence-electron chi connectivity index (χ0n) is 16.4. The van der Waals surface area contributed by atoms with Crippen molar-refractivity contribution >= 4 is 50.6 Å². The maximum absolute atomic E-state index is 12.9. The molecule has 0 saturated carbocycles. The van der Waals surface area contributed by atoms with Crippen LogP contribution in [0.1, 0.15) is 20.3 Å². The molecule has 0 unspecified atom stereocenters. The second-order valence-electron chi connectivity index (χ2n) is 6.24. The van der Waals surface area contributed by atoms with Crippen LogP contribution < -0.4 is 9.47 Å². The fourth-order valence-corrected chi connectivity index (χ4v) is 4.61. The average molecular weight is 496 g/mol. The number of carbonyl (C=O) groups is 1. The number of benzene rings is 2. The normalized spacial score (nSPS) is 12.3. The van der Waals surface area contributed by atoms with E-state index in [1.54, 1.807) is 12.1 Å². The van der Waals surface area contributed by atoms with Gasteiger partial charge in [-0.3, -0.25) is 4.79 Å². The molecule has 0 heterocycles. The van der Waals surface area contributed by atoms with Crippen LogP contribution in [0.3, 0.4) is 0 Å². The lowest BCUT2D eigenvalue weighted by molar-refractivity contribution is -0.146. The molecule has 0 aliphatic carbocycles. The molecule has 1 atom stereocenters. The van der Waals surface area contributed by atoms with Crippen LogP contribution in [0, 0.1) is 0 Å². The largest absolute Gasteiger partial charge is 0.494 e. The molecule has 6 nitrogen and oxygen atoms in total. The zero-order chi connectivity index (χ0) is 22.3. The smallest absolute Gasteiger partial charge is 0.303 e. The van der Waals surface area contributed by atoms with E-state index in [-0.39, 0.29) is 38.1 Å². The second-order valence-corrected chi connectivity index (χ2v) is 9.31. The molecule has 0 radical (unpaired) electrons. The molecule has 0 spiro atoms. The van der Waals surface area contributed by atoms with Gasteiger partial charge < -0.3 is 14.2 Å². The van der Waals surface area contributed by atoms with Crippen molar-refractivity contribution in [2.45, 2.75) is 36.2 Å². The Labute approximate surface area is 190 Å². The lowest BCUT2D eigenvalue weighted by Gasteiger charge is -2.17. The van der Waals surface area contributed by atoms with Crippen molar-refractivity contribution in [2.24, 2.45) is 0 Å². The standard InChI is InChI=1S/C20H21Cl3O6S/c1-3-8-27-14-4-6-16(7-5-14)30(25,26)17-9-18(22)20(19(23)10-17)28-12-15(11-21)29-13(2)24/h4-7,9-10,15H,3,8,11-12H2,1-2H3/t15-/m1/s1. The summed E-state index contributed by atoms with van der Waals surface area (Å²) >= 11 is 18.2. The maximum atomic E-state index is 12.9. The van der Waals surface area contributed by atoms with Gasteiger partial charge in [0.2, 0.25) is 9.84 Å². The lowest BCUT2D eigenvalue weighted by atomic mass is 10.3. The van der Waals surface area contributed by atoms with E-state index in [9.17, 15) is 13.2 Å². The van der Waals surface area contributed by atoms with Crippen LogP contribution >= 0.6 is 34.8 Å². The highest BCUT2D eigenvalue weighted by Crippen LogP contribution is 2.37. The van der Waals surface area contributed by atoms with Crippen LogP contribution in [0.5, 0.6) is 11.5 Å². The van der Waals surface area contributed by atoms with E-state index < -0.39 is 21.9 Å². The summed E-state index contributed by atoms with van der Waals surface area (Å²) in [6.45, 7) is 3.68. The van der Waals surface area contributed by atoms with Gasteiger partial charge in [-0.2, -0.15) is 0 Å². The van der Waals surface area contributed by atoms with E-state index >= 15 is 0 Å². The Morgan fingerprint density at radius 3 is 2.13 bits per heavy atom. The van der Waals surface area contributed by atoms with Gasteiger partial charge in [0.1, 0.15) is 18.5 Å². The third kappa shape index (κ3) is 6.41. The van der Waals surface area contributed by atoms with Crippen molar-refractivity contribution < 1.29 is 27.4 Å². The Morgan fingerprint density at radius 2 is 1.63 bits per heavy atom. The molecule has 0 fully saturated rings. The number of carbonyl (C=O) groups excluding carboxylic acids is 1. The third-order valence-electron chi connectivity index (χ3n) is 3.81. The SMILES string of the molecule is CCCOc1ccc(S(=O)(=O)c2cc(Cl)c(OC[C@@H](CCl)OC(C)=O)c(Cl)c2)cc1. The Hall–Kier alpha value is -1.67. The Balaban J connectivity index is 2.23. The molecule has 2 aromatic rings. The molecule has 0 saturated heterocycles. The van der Waals surface area contributed by atoms with E-state index in [4.69, 9.17) is 49.0 Å². The predicted octanol–water partition coefficient (Wildman–Crippen LogP) is 5.16. The van der Waals surface area contributed by atoms with E-state index in [2.05, 4.69) is 0 Å². The topological polar surface area (TPSA) is 78.9 Å². The maximum Gasteiger partial charge on any atom is 0.303 e. The summed E-state index contributed by atoms with van der Waals surface area (Å²) in [6.07, 6.45) is 0.144. The van der Waals surface area contributed by atoms with Crippen LogP contribution in [-0.4, -0.2) is 39.6 Å². The number of hydrogen-bond acceptors (Lipinski definition) is 6. The molecule has 0 amide bonds. The summed E-state index contributed by atoms with van der Waals surface area (Å²) in [7, 11) is -3.86. The molecule has 0 aliphatic rings. The summed E-state index contributed by atoms with van der Waals surface area (Å²) in [4.78, 5) is 11.0. The quantitative estimate of drug-likeness (QED) is 0.334. The minimum absolute atomic E-state index is 0.000113. The lowest BCUT2D eigenvalue weighted by Crippen LogP contribution is -2.25. The summed E-state index contributed by atoms with van der Waals surface area (Å²) in [6, 6.07) is 8.59. The van der Waals surface area contributed by atoms with Crippen LogP contribution in [-0.2, 0) is 19.4 Å². The van der Waals surface area contributed by atoms with Gasteiger partial charge in [0.05, 0.1) is 32.3 Å². The van der Waals surface area contributed by atoms with Crippen LogP contribution in [0.4, 0.5) is 0 Å². The number of halogens is 3. The van der Waals surface area contributed by atoms with Gasteiger partial charge >= 0.3 is 5.97 Å². The Bertz CT molecular complexity index is 954. The van der Waals surface area contributed by atoms with Gasteiger partial charge in [-0.15, -0.1) is 11.6 Å². The van der Waals surface area contributed by atoms with Crippen molar-refractivity contribution in [3.05, 3.63) is 46.4 Å². The first kappa shape index (κ1) is 24.6. The highest BCUT2D eigenvalue weighted by atomic mass is 35.5. The van der Waals surface area contributed by atoms with Crippen molar-refractivity contribution in [2.75, 3.05) is 19.1 Å². The molecule has 0 aliphatic heterocycles. The molecule has 2 aromatic carbocycles. The van der Waals surface area contributed by atoms with Gasteiger partial charge in [-0.25, -0.2) is 8.42 Å². The number of ether oxygens (including phenoxy) is 3. The van der Waals surface area contributed by atoms with Crippen molar-refractivity contribution in [3.63, 3.8) is 0 Å². The van der Waals surface area contributed by atoms with E-state index in [1.807, 2.05) is 6.92 Å². The first-order valence-electron chi connectivity index (χ1n) is 9.02. The molecule has 2 rings (SSSR count). The molecule has 10 heteroatoms. The number of rotatable bonds is 10. The minimum atomic E-state index is -3.86. The summed E-state index contributed by atoms with van der Waals surface area (Å²) in [5.41, 5.74) is 0. The Morgan fingerprint density at radius 1 is 1.03 bits per heavy atom. The van der Waals surface area contributed by atoms with Gasteiger partial charge in [0.15, 0.2) is 5.75 Å². The first-order chi connectivity index (χ1) is 14.2. The number of alkyl halides is 1. The summed E-state index contributed by atoms with van der Waals surface area (Å²) < 4.78 is 41.8. The number of esters is 1. The fraction of sp³-hybridized carbons (Fsp3) is 0.350. The predicted molar refractivity (Wildman–Crippen MR) is 116 cm³/mol. The van der Waals surface area contributed by atoms with Gasteiger partial charge in [0, 0.05) is 6.92 Å². The van der Waals surface area contributed by atoms with Crippen molar-refractivity contribution in [1.82, 2.24) is 0 Å². The number of sulfone groups is 1. The van der Waals surface area contributed by atoms with Crippen LogP contribution in [0.2, 0.25) is 10.0 Å². The third-order valence-corrected chi connectivity index (χ3v) is 6.46. The molecular formula is C20H21Cl3O6S. The minimum Gasteiger partial charge on any atom is -0.494 e. The molecule has 0 N–H and O–H groups in total. The van der Waals surface area contributed by atoms with Crippen LogP contribution in [0.25, 0.3) is 0 Å². The van der Waals surface area contributed by atoms with E-state index in [0.717, 1.165) is 6.42 Å². The van der Waals surface area contributed by atoms with Crippen LogP contribution in [0.15, 0.2) is 46.2 Å². The van der Waals surface area contributed by atoms with Crippen molar-refractivity contribution in [1.29, 1.82) is 0 Å². The fourth-order valence-electron chi connectivity index (χ4n) is 2.42. The molecule has 30 heavy (non-hydrogen) atoms. The average Bonchev–Trinajstić information content (AvgIpc) is 2.70. The van der Waals surface area contributed by atoms with Gasteiger partial charge in [-0.1, -0.05) is 30.1 Å². The van der Waals surface area contributed by atoms with Gasteiger partial charge in [0.25, 0.3) is 0 Å². The summed E-state index contributed by atoms with van der Waals surface area (Å²) in [5.74, 6) is 0.160. The Kier molecular flexibility index (Phi) is 9.09. The van der Waals surface area contributed by atoms with E-state index in [1.165, 1.54) is 31.2 Å². The second kappa shape index (κ2) is 11.1. The highest BCUT2D eigenvalue weighted by Gasteiger charge is 2.22. The van der Waals surface area contributed by atoms with Gasteiger partial charge in [-0.05, 0) is 42.8 Å². The highest BCUT2D eigenvalue weighted by molar-refractivity contribution is 7.91. The van der Waals surface area contributed by atoms with Crippen molar-refractivity contribution in [3.8, 4) is 11.5 Å². The molecular weight excluding hydrogens is 475 g/mol. The first-order valence-corrected chi connectivity index (χ1v) is 11.8. The molecule has 0 aromatic heterocycles. The number of hydrogen-bond donors (Lipinski definition) is 0.